The van der Waals surface area contributed by atoms with Crippen molar-refractivity contribution in [3.8, 4) is 11.8 Å². The van der Waals surface area contributed by atoms with Crippen molar-refractivity contribution in [2.45, 2.75) is 44.6 Å². The van der Waals surface area contributed by atoms with Gasteiger partial charge in [0.1, 0.15) is 12.4 Å². The van der Waals surface area contributed by atoms with E-state index in [1.165, 1.54) is 5.56 Å². The molecule has 0 saturated heterocycles. The van der Waals surface area contributed by atoms with Gasteiger partial charge in [0.2, 0.25) is 0 Å². The summed E-state index contributed by atoms with van der Waals surface area (Å²) >= 11 is 0. The highest BCUT2D eigenvalue weighted by molar-refractivity contribution is 6.28. The fourth-order valence-corrected chi connectivity index (χ4v) is 2.53. The van der Waals surface area contributed by atoms with Crippen LogP contribution in [0.1, 0.15) is 43.3 Å². The quantitative estimate of drug-likeness (QED) is 0.314. The molecule has 1 aromatic carbocycles. The molecule has 0 unspecified atom stereocenters. The van der Waals surface area contributed by atoms with E-state index in [9.17, 15) is 9.59 Å². The summed E-state index contributed by atoms with van der Waals surface area (Å²) in [5, 5.41) is 8.51. The number of carbonyl (C=O) groups excluding carboxylic acids is 1. The molecule has 1 heterocycles. The van der Waals surface area contributed by atoms with E-state index >= 15 is 0 Å². The Bertz CT molecular complexity index is 843. The van der Waals surface area contributed by atoms with Crippen molar-refractivity contribution in [3.63, 3.8) is 0 Å². The fraction of sp³-hybridized carbons (Fsp3) is 0.364. The van der Waals surface area contributed by atoms with Gasteiger partial charge in [-0.05, 0) is 49.8 Å². The van der Waals surface area contributed by atoms with Gasteiger partial charge in [-0.3, -0.25) is 0 Å². The van der Waals surface area contributed by atoms with Gasteiger partial charge in [-0.15, -0.1) is 0 Å². The lowest BCUT2D eigenvalue weighted by Crippen LogP contribution is -2.43. The Kier molecular flexibility index (Phi) is 7.85. The van der Waals surface area contributed by atoms with Crippen molar-refractivity contribution < 1.29 is 23.8 Å². The number of aryl methyl sites for hydroxylation is 2. The number of hydrogen-bond donors (Lipinski definition) is 2. The van der Waals surface area contributed by atoms with Crippen LogP contribution >= 0.6 is 0 Å². The van der Waals surface area contributed by atoms with Crippen LogP contribution in [0.5, 0.6) is 0 Å². The monoisotopic (exact) mass is 383 g/mol. The molecule has 0 saturated carbocycles. The minimum Gasteiger partial charge on any atom is -0.473 e. The van der Waals surface area contributed by atoms with E-state index in [1.54, 1.807) is 6.92 Å². The van der Waals surface area contributed by atoms with Crippen LogP contribution in [-0.2, 0) is 27.2 Å². The normalized spacial score (nSPS) is 12.5. The summed E-state index contributed by atoms with van der Waals surface area (Å²) in [6.45, 7) is 1.52. The number of hydrogen-bond acceptors (Lipinski definition) is 5. The highest BCUT2D eigenvalue weighted by atomic mass is 16.6. The number of benzene rings is 1. The summed E-state index contributed by atoms with van der Waals surface area (Å²) in [6.07, 6.45) is 3.79. The van der Waals surface area contributed by atoms with E-state index in [0.717, 1.165) is 25.0 Å². The molecule has 0 amide bonds. The van der Waals surface area contributed by atoms with Gasteiger partial charge in [0.15, 0.2) is 5.76 Å². The number of unbranched alkanes of at least 4 members (excludes halogenated alkanes) is 1. The Labute approximate surface area is 164 Å². The third-order valence-corrected chi connectivity index (χ3v) is 4.13. The molecule has 6 nitrogen and oxygen atoms in total. The Morgan fingerprint density at radius 1 is 1.18 bits per heavy atom. The molecule has 0 fully saturated rings. The topological polar surface area (TPSA) is 103 Å². The summed E-state index contributed by atoms with van der Waals surface area (Å²) in [6, 6.07) is 14.0. The van der Waals surface area contributed by atoms with Gasteiger partial charge < -0.3 is 20.0 Å². The SMILES string of the molecule is C[C@@](N)(CCc1ccc(C#CCCCc2ccccc2)o1)COC(=O)C(=O)O. The first-order chi connectivity index (χ1) is 13.4. The molecule has 0 radical (unpaired) electrons. The zero-order valence-corrected chi connectivity index (χ0v) is 15.9. The van der Waals surface area contributed by atoms with E-state index < -0.39 is 17.5 Å². The maximum Gasteiger partial charge on any atom is 0.417 e. The zero-order valence-electron chi connectivity index (χ0n) is 15.9. The zero-order chi connectivity index (χ0) is 20.4. The van der Waals surface area contributed by atoms with Gasteiger partial charge in [-0.2, -0.15) is 0 Å². The van der Waals surface area contributed by atoms with Gasteiger partial charge in [0, 0.05) is 18.4 Å². The summed E-state index contributed by atoms with van der Waals surface area (Å²) in [5.74, 6) is 4.54. The average molecular weight is 383 g/mol. The van der Waals surface area contributed by atoms with E-state index in [2.05, 4.69) is 28.7 Å². The predicted molar refractivity (Wildman–Crippen MR) is 104 cm³/mol. The minimum atomic E-state index is -1.63. The average Bonchev–Trinajstić information content (AvgIpc) is 3.13. The molecule has 0 spiro atoms. The lowest BCUT2D eigenvalue weighted by molar-refractivity contribution is -0.164. The molecule has 2 aromatic rings. The van der Waals surface area contributed by atoms with Gasteiger partial charge in [0.05, 0.1) is 0 Å². The van der Waals surface area contributed by atoms with Gasteiger partial charge >= 0.3 is 11.9 Å². The third kappa shape index (κ3) is 7.68. The van der Waals surface area contributed by atoms with Crippen molar-refractivity contribution in [2.75, 3.05) is 6.61 Å². The molecular formula is C22H25NO5. The predicted octanol–water partition coefficient (Wildman–Crippen LogP) is 2.93. The van der Waals surface area contributed by atoms with Crippen molar-refractivity contribution in [1.82, 2.24) is 0 Å². The lowest BCUT2D eigenvalue weighted by Gasteiger charge is -2.23. The molecule has 1 atom stereocenters. The summed E-state index contributed by atoms with van der Waals surface area (Å²) < 4.78 is 10.3. The fourth-order valence-electron chi connectivity index (χ4n) is 2.53. The second kappa shape index (κ2) is 10.3. The summed E-state index contributed by atoms with van der Waals surface area (Å²) in [7, 11) is 0. The maximum absolute atomic E-state index is 11.0. The van der Waals surface area contributed by atoms with E-state index in [-0.39, 0.29) is 6.61 Å². The summed E-state index contributed by atoms with van der Waals surface area (Å²) in [4.78, 5) is 21.4. The third-order valence-electron chi connectivity index (χ3n) is 4.13. The molecule has 0 aliphatic carbocycles. The minimum absolute atomic E-state index is 0.174. The van der Waals surface area contributed by atoms with Crippen LogP contribution in [0.15, 0.2) is 46.9 Å². The first-order valence-electron chi connectivity index (χ1n) is 9.16. The molecule has 148 valence electrons. The highest BCUT2D eigenvalue weighted by Crippen LogP contribution is 2.15. The first-order valence-corrected chi connectivity index (χ1v) is 9.16. The maximum atomic E-state index is 11.0. The Morgan fingerprint density at radius 3 is 2.64 bits per heavy atom. The van der Waals surface area contributed by atoms with Gasteiger partial charge in [0.25, 0.3) is 0 Å². The Morgan fingerprint density at radius 2 is 1.93 bits per heavy atom. The molecular weight excluding hydrogens is 358 g/mol. The van der Waals surface area contributed by atoms with Crippen molar-refractivity contribution in [2.24, 2.45) is 5.73 Å². The van der Waals surface area contributed by atoms with E-state index in [1.807, 2.05) is 30.3 Å². The number of carboxylic acid groups (broad SMARTS) is 1. The van der Waals surface area contributed by atoms with Crippen LogP contribution < -0.4 is 5.73 Å². The van der Waals surface area contributed by atoms with E-state index in [0.29, 0.717) is 18.6 Å². The largest absolute Gasteiger partial charge is 0.473 e. The van der Waals surface area contributed by atoms with E-state index in [4.69, 9.17) is 15.3 Å². The van der Waals surface area contributed by atoms with Crippen LogP contribution in [0.2, 0.25) is 0 Å². The van der Waals surface area contributed by atoms with Crippen LogP contribution in [0.3, 0.4) is 0 Å². The smallest absolute Gasteiger partial charge is 0.417 e. The number of aliphatic carboxylic acids is 1. The van der Waals surface area contributed by atoms with Crippen molar-refractivity contribution in [1.29, 1.82) is 0 Å². The molecule has 6 heteroatoms. The van der Waals surface area contributed by atoms with Crippen LogP contribution in [0, 0.1) is 11.8 Å². The van der Waals surface area contributed by atoms with Crippen LogP contribution in [0.4, 0.5) is 0 Å². The Hall–Kier alpha value is -3.04. The molecule has 3 N–H and O–H groups in total. The molecule has 0 aliphatic heterocycles. The summed E-state index contributed by atoms with van der Waals surface area (Å²) in [5.41, 5.74) is 6.50. The van der Waals surface area contributed by atoms with Crippen molar-refractivity contribution >= 4 is 11.9 Å². The molecule has 28 heavy (non-hydrogen) atoms. The molecule has 1 aromatic heterocycles. The number of carboxylic acids is 1. The standard InChI is InChI=1S/C22H25NO5/c1-22(23,16-27-21(26)20(24)25)15-14-19-13-12-18(28-19)11-7-3-6-10-17-8-4-2-5-9-17/h2,4-5,8-9,12-13H,3,6,10,14-16,23H2,1H3,(H,24,25)/t22-/m1/s1. The number of nitrogens with two attached hydrogens (primary N) is 1. The number of carbonyl (C=O) groups is 2. The van der Waals surface area contributed by atoms with Crippen molar-refractivity contribution in [3.05, 3.63) is 59.5 Å². The van der Waals surface area contributed by atoms with Gasteiger partial charge in [-0.1, -0.05) is 36.3 Å². The molecule has 2 rings (SSSR count). The second-order valence-corrected chi connectivity index (χ2v) is 6.94. The lowest BCUT2D eigenvalue weighted by atomic mass is 9.97. The molecule has 0 aliphatic rings. The second-order valence-electron chi connectivity index (χ2n) is 6.94. The number of esters is 1. The number of ether oxygens (including phenoxy) is 1. The number of rotatable bonds is 8. The Balaban J connectivity index is 1.73. The van der Waals surface area contributed by atoms with Crippen LogP contribution in [-0.4, -0.2) is 29.2 Å². The first kappa shape index (κ1) is 21.3. The molecule has 0 bridgehead atoms. The van der Waals surface area contributed by atoms with Crippen LogP contribution in [0.25, 0.3) is 0 Å². The van der Waals surface area contributed by atoms with Gasteiger partial charge in [-0.25, -0.2) is 9.59 Å². The highest BCUT2D eigenvalue weighted by Gasteiger charge is 2.23. The number of furan rings is 1.